The van der Waals surface area contributed by atoms with Gasteiger partial charge in [-0.05, 0) is 53.3 Å². The molecule has 1 fully saturated rings. The van der Waals surface area contributed by atoms with Crippen LogP contribution in [0.2, 0.25) is 0 Å². The van der Waals surface area contributed by atoms with Crippen LogP contribution in [0.3, 0.4) is 0 Å². The minimum atomic E-state index is -0.101. The number of ether oxygens (including phenoxy) is 1. The lowest BCUT2D eigenvalue weighted by atomic mass is 10.1. The molecule has 0 aliphatic carbocycles. The van der Waals surface area contributed by atoms with Crippen molar-refractivity contribution >= 4 is 17.7 Å². The Hall–Kier alpha value is -3.59. The van der Waals surface area contributed by atoms with Crippen LogP contribution in [0.15, 0.2) is 48.7 Å². The van der Waals surface area contributed by atoms with E-state index in [4.69, 9.17) is 4.74 Å². The van der Waals surface area contributed by atoms with E-state index < -0.39 is 0 Å². The number of piperazine rings is 1. The predicted molar refractivity (Wildman–Crippen MR) is 116 cm³/mol. The molecule has 1 aromatic carbocycles. The molecule has 0 bridgehead atoms. The lowest BCUT2D eigenvalue weighted by molar-refractivity contribution is -0.127. The number of carbonyl (C=O) groups is 1. The molecule has 2 aromatic heterocycles. The van der Waals surface area contributed by atoms with Gasteiger partial charge in [-0.3, -0.25) is 14.7 Å². The molecular formula is C22H25N7O2. The van der Waals surface area contributed by atoms with Gasteiger partial charge in [0.2, 0.25) is 0 Å². The molecule has 0 radical (unpaired) electrons. The van der Waals surface area contributed by atoms with E-state index in [1.165, 1.54) is 4.68 Å². The Morgan fingerprint density at radius 3 is 2.65 bits per heavy atom. The molecule has 3 heterocycles. The molecule has 0 saturated carbocycles. The average Bonchev–Trinajstić information content (AvgIpc) is 3.24. The van der Waals surface area contributed by atoms with Gasteiger partial charge in [0.1, 0.15) is 11.4 Å². The third-order valence-electron chi connectivity index (χ3n) is 5.24. The number of carbonyl (C=O) groups excluding carboxylic acids is 1. The van der Waals surface area contributed by atoms with E-state index in [1.54, 1.807) is 26.3 Å². The summed E-state index contributed by atoms with van der Waals surface area (Å²) >= 11 is 0. The van der Waals surface area contributed by atoms with E-state index in [0.717, 1.165) is 36.6 Å². The summed E-state index contributed by atoms with van der Waals surface area (Å²) in [5.74, 6) is 1.17. The molecule has 0 spiro atoms. The molecule has 31 heavy (non-hydrogen) atoms. The van der Waals surface area contributed by atoms with Crippen LogP contribution in [0.25, 0.3) is 11.8 Å². The molecule has 0 unspecified atom stereocenters. The van der Waals surface area contributed by atoms with Crippen LogP contribution < -0.4 is 4.74 Å². The van der Waals surface area contributed by atoms with Gasteiger partial charge in [0, 0.05) is 38.9 Å². The molecular weight excluding hydrogens is 394 g/mol. The molecule has 1 saturated heterocycles. The monoisotopic (exact) mass is 419 g/mol. The first kappa shape index (κ1) is 20.7. The van der Waals surface area contributed by atoms with Crippen molar-refractivity contribution in [3.8, 4) is 5.75 Å². The summed E-state index contributed by atoms with van der Waals surface area (Å²) in [5, 5.41) is 11.7. The third kappa shape index (κ3) is 4.95. The molecule has 1 aliphatic heterocycles. The summed E-state index contributed by atoms with van der Waals surface area (Å²) in [6.45, 7) is 5.37. The summed E-state index contributed by atoms with van der Waals surface area (Å²) in [5.41, 5.74) is 2.28. The van der Waals surface area contributed by atoms with Crippen molar-refractivity contribution < 1.29 is 9.53 Å². The first-order chi connectivity index (χ1) is 15.1. The van der Waals surface area contributed by atoms with Gasteiger partial charge in [0.05, 0.1) is 12.8 Å². The number of nitrogens with zero attached hydrogens (tertiary/aromatic N) is 7. The fraction of sp³-hybridized carbons (Fsp3) is 0.318. The summed E-state index contributed by atoms with van der Waals surface area (Å²) in [4.78, 5) is 22.0. The standard InChI is InChI=1S/C22H25N7O2/c1-17-24-25-26-29(17)21(15-18-6-5-8-20(14-18)31-2)22(30)28-12-10-27(11-13-28)16-19-7-3-4-9-23-19/h3-9,14-15H,10-13,16H2,1-2H3/b21-15-. The smallest absolute Gasteiger partial charge is 0.272 e. The van der Waals surface area contributed by atoms with E-state index in [2.05, 4.69) is 25.4 Å². The van der Waals surface area contributed by atoms with Gasteiger partial charge in [-0.15, -0.1) is 5.10 Å². The molecule has 4 rings (SSSR count). The molecule has 9 nitrogen and oxygen atoms in total. The van der Waals surface area contributed by atoms with E-state index >= 15 is 0 Å². The van der Waals surface area contributed by atoms with Gasteiger partial charge in [0.15, 0.2) is 5.82 Å². The number of pyridine rings is 1. The van der Waals surface area contributed by atoms with Gasteiger partial charge in [0.25, 0.3) is 5.91 Å². The molecule has 0 atom stereocenters. The van der Waals surface area contributed by atoms with E-state index in [0.29, 0.717) is 24.6 Å². The zero-order valence-corrected chi connectivity index (χ0v) is 17.7. The van der Waals surface area contributed by atoms with Gasteiger partial charge >= 0.3 is 0 Å². The Morgan fingerprint density at radius 2 is 1.97 bits per heavy atom. The fourth-order valence-corrected chi connectivity index (χ4v) is 3.55. The minimum Gasteiger partial charge on any atom is -0.497 e. The van der Waals surface area contributed by atoms with Gasteiger partial charge in [-0.1, -0.05) is 18.2 Å². The third-order valence-corrected chi connectivity index (χ3v) is 5.24. The highest BCUT2D eigenvalue weighted by Gasteiger charge is 2.26. The number of aromatic nitrogens is 5. The van der Waals surface area contributed by atoms with Crippen molar-refractivity contribution in [3.05, 3.63) is 65.7 Å². The van der Waals surface area contributed by atoms with Crippen molar-refractivity contribution in [2.24, 2.45) is 0 Å². The number of amides is 1. The molecule has 1 aliphatic rings. The second-order valence-corrected chi connectivity index (χ2v) is 7.33. The zero-order valence-electron chi connectivity index (χ0n) is 17.7. The largest absolute Gasteiger partial charge is 0.497 e. The molecule has 0 N–H and O–H groups in total. The normalized spacial score (nSPS) is 15.2. The molecule has 3 aromatic rings. The second-order valence-electron chi connectivity index (χ2n) is 7.33. The van der Waals surface area contributed by atoms with Crippen LogP contribution in [0.1, 0.15) is 17.1 Å². The van der Waals surface area contributed by atoms with Crippen molar-refractivity contribution in [3.63, 3.8) is 0 Å². The lowest BCUT2D eigenvalue weighted by Crippen LogP contribution is -2.49. The topological polar surface area (TPSA) is 89.3 Å². The van der Waals surface area contributed by atoms with Crippen LogP contribution in [0, 0.1) is 6.92 Å². The molecule has 1 amide bonds. The van der Waals surface area contributed by atoms with Gasteiger partial charge in [-0.25, -0.2) is 0 Å². The fourth-order valence-electron chi connectivity index (χ4n) is 3.55. The van der Waals surface area contributed by atoms with Crippen molar-refractivity contribution in [1.29, 1.82) is 0 Å². The number of tetrazole rings is 1. The highest BCUT2D eigenvalue weighted by atomic mass is 16.5. The first-order valence-corrected chi connectivity index (χ1v) is 10.2. The summed E-state index contributed by atoms with van der Waals surface area (Å²) in [6.07, 6.45) is 3.60. The van der Waals surface area contributed by atoms with Crippen LogP contribution >= 0.6 is 0 Å². The van der Waals surface area contributed by atoms with Gasteiger partial charge in [-0.2, -0.15) is 4.68 Å². The lowest BCUT2D eigenvalue weighted by Gasteiger charge is -2.34. The Kier molecular flexibility index (Phi) is 6.32. The second kappa shape index (κ2) is 9.48. The summed E-state index contributed by atoms with van der Waals surface area (Å²) in [7, 11) is 1.62. The van der Waals surface area contributed by atoms with Crippen LogP contribution in [-0.2, 0) is 11.3 Å². The highest BCUT2D eigenvalue weighted by Crippen LogP contribution is 2.20. The Morgan fingerprint density at radius 1 is 1.13 bits per heavy atom. The van der Waals surface area contributed by atoms with Crippen molar-refractivity contribution in [1.82, 2.24) is 35.0 Å². The molecule has 160 valence electrons. The zero-order chi connectivity index (χ0) is 21.6. The Balaban J connectivity index is 1.52. The minimum absolute atomic E-state index is 0.101. The quantitative estimate of drug-likeness (QED) is 0.562. The maximum atomic E-state index is 13.5. The molecule has 9 heteroatoms. The Labute approximate surface area is 180 Å². The number of rotatable bonds is 6. The van der Waals surface area contributed by atoms with E-state index in [-0.39, 0.29) is 5.91 Å². The maximum Gasteiger partial charge on any atom is 0.272 e. The summed E-state index contributed by atoms with van der Waals surface area (Å²) < 4.78 is 6.79. The first-order valence-electron chi connectivity index (χ1n) is 10.2. The average molecular weight is 419 g/mol. The number of methoxy groups -OCH3 is 1. The SMILES string of the molecule is COc1cccc(/C=C(/C(=O)N2CCN(Cc3ccccn3)CC2)n2nnnc2C)c1. The number of aryl methyl sites for hydroxylation is 1. The van der Waals surface area contributed by atoms with Crippen molar-refractivity contribution in [2.75, 3.05) is 33.3 Å². The number of hydrogen-bond donors (Lipinski definition) is 0. The van der Waals surface area contributed by atoms with Crippen LogP contribution in [0.5, 0.6) is 5.75 Å². The van der Waals surface area contributed by atoms with Gasteiger partial charge < -0.3 is 9.64 Å². The van der Waals surface area contributed by atoms with E-state index in [1.807, 2.05) is 47.4 Å². The Bertz CT molecular complexity index is 1060. The van der Waals surface area contributed by atoms with Crippen molar-refractivity contribution in [2.45, 2.75) is 13.5 Å². The maximum absolute atomic E-state index is 13.5. The number of hydrogen-bond acceptors (Lipinski definition) is 7. The van der Waals surface area contributed by atoms with Crippen LogP contribution in [-0.4, -0.2) is 74.2 Å². The summed E-state index contributed by atoms with van der Waals surface area (Å²) in [6, 6.07) is 13.5. The predicted octanol–water partition coefficient (Wildman–Crippen LogP) is 1.73. The van der Waals surface area contributed by atoms with E-state index in [9.17, 15) is 4.79 Å². The number of benzene rings is 1. The van der Waals surface area contributed by atoms with Crippen LogP contribution in [0.4, 0.5) is 0 Å². The highest BCUT2D eigenvalue weighted by molar-refractivity contribution is 6.18.